The highest BCUT2D eigenvalue weighted by atomic mass is 35.5. The second kappa shape index (κ2) is 5.79. The third-order valence-corrected chi connectivity index (χ3v) is 4.91. The molecule has 3 aromatic rings. The minimum atomic E-state index is -0.00378. The first kappa shape index (κ1) is 14.4. The molecule has 3 heterocycles. The van der Waals surface area contributed by atoms with E-state index in [1.54, 1.807) is 40.5 Å². The first-order chi connectivity index (χ1) is 11.2. The van der Waals surface area contributed by atoms with Gasteiger partial charge >= 0.3 is 0 Å². The summed E-state index contributed by atoms with van der Waals surface area (Å²) in [5.74, 6) is 1.30. The number of likely N-dealkylation sites (tertiary alicyclic amines) is 1. The molecule has 0 unspecified atom stereocenters. The molecule has 7 heteroatoms. The molecule has 2 aromatic heterocycles. The van der Waals surface area contributed by atoms with Crippen LogP contribution in [0.1, 0.15) is 22.2 Å². The lowest BCUT2D eigenvalue weighted by Crippen LogP contribution is -2.48. The molecule has 0 spiro atoms. The zero-order chi connectivity index (χ0) is 15.8. The molecule has 0 saturated carbocycles. The molecule has 1 aliphatic rings. The summed E-state index contributed by atoms with van der Waals surface area (Å²) < 4.78 is 5.33. The molecule has 5 nitrogen and oxygen atoms in total. The number of rotatable bonds is 3. The number of amides is 1. The normalized spacial score (nSPS) is 14.7. The van der Waals surface area contributed by atoms with E-state index in [2.05, 4.69) is 10.1 Å². The Morgan fingerprint density at radius 1 is 1.26 bits per heavy atom. The van der Waals surface area contributed by atoms with Crippen molar-refractivity contribution in [3.05, 3.63) is 58.3 Å². The first-order valence-corrected chi connectivity index (χ1v) is 8.39. The Morgan fingerprint density at radius 2 is 2.04 bits per heavy atom. The van der Waals surface area contributed by atoms with Crippen LogP contribution in [0.25, 0.3) is 10.7 Å². The highest BCUT2D eigenvalue weighted by molar-refractivity contribution is 7.13. The van der Waals surface area contributed by atoms with Gasteiger partial charge in [0, 0.05) is 23.7 Å². The van der Waals surface area contributed by atoms with Crippen LogP contribution in [0.5, 0.6) is 0 Å². The van der Waals surface area contributed by atoms with Crippen LogP contribution in [-0.2, 0) is 0 Å². The molecule has 1 amide bonds. The fraction of sp³-hybridized carbons (Fsp3) is 0.188. The van der Waals surface area contributed by atoms with E-state index in [1.165, 1.54) is 0 Å². The molecule has 0 radical (unpaired) electrons. The second-order valence-electron chi connectivity index (χ2n) is 5.35. The van der Waals surface area contributed by atoms with Crippen molar-refractivity contribution in [1.82, 2.24) is 15.0 Å². The van der Waals surface area contributed by atoms with E-state index in [1.807, 2.05) is 17.5 Å². The Labute approximate surface area is 141 Å². The van der Waals surface area contributed by atoms with E-state index >= 15 is 0 Å². The molecule has 0 aliphatic carbocycles. The standard InChI is InChI=1S/C16H12ClN3O2S/c17-12-5-3-10(4-6-12)16(21)20-8-11(9-20)15-18-14(19-22-15)13-2-1-7-23-13/h1-7,11H,8-9H2. The zero-order valence-electron chi connectivity index (χ0n) is 12.0. The van der Waals surface area contributed by atoms with E-state index in [9.17, 15) is 4.79 Å². The number of carbonyl (C=O) groups is 1. The number of thiophene rings is 1. The summed E-state index contributed by atoms with van der Waals surface area (Å²) in [6.45, 7) is 1.18. The maximum absolute atomic E-state index is 12.3. The Morgan fingerprint density at radius 3 is 2.74 bits per heavy atom. The molecule has 0 N–H and O–H groups in total. The lowest BCUT2D eigenvalue weighted by atomic mass is 9.99. The number of halogens is 1. The minimum Gasteiger partial charge on any atom is -0.339 e. The largest absolute Gasteiger partial charge is 0.339 e. The molecule has 0 bridgehead atoms. The summed E-state index contributed by atoms with van der Waals surface area (Å²) in [6.07, 6.45) is 0. The number of aromatic nitrogens is 2. The Hall–Kier alpha value is -2.18. The quantitative estimate of drug-likeness (QED) is 0.726. The second-order valence-corrected chi connectivity index (χ2v) is 6.73. The molecule has 23 heavy (non-hydrogen) atoms. The van der Waals surface area contributed by atoms with Gasteiger partial charge in [0.1, 0.15) is 0 Å². The molecule has 1 saturated heterocycles. The van der Waals surface area contributed by atoms with Crippen molar-refractivity contribution in [2.24, 2.45) is 0 Å². The first-order valence-electron chi connectivity index (χ1n) is 7.13. The number of hydrogen-bond acceptors (Lipinski definition) is 5. The average Bonchev–Trinajstić information content (AvgIpc) is 3.17. The molecular formula is C16H12ClN3O2S. The highest BCUT2D eigenvalue weighted by Gasteiger charge is 2.36. The molecule has 116 valence electrons. The van der Waals surface area contributed by atoms with Gasteiger partial charge in [-0.1, -0.05) is 22.8 Å². The van der Waals surface area contributed by atoms with E-state index in [-0.39, 0.29) is 11.8 Å². The minimum absolute atomic E-state index is 0.00378. The third-order valence-electron chi connectivity index (χ3n) is 3.79. The van der Waals surface area contributed by atoms with E-state index < -0.39 is 0 Å². The van der Waals surface area contributed by atoms with Crippen LogP contribution in [0.3, 0.4) is 0 Å². The summed E-state index contributed by atoms with van der Waals surface area (Å²) in [7, 11) is 0. The van der Waals surface area contributed by atoms with Gasteiger partial charge in [0.05, 0.1) is 10.8 Å². The summed E-state index contributed by atoms with van der Waals surface area (Å²) in [6, 6.07) is 10.8. The fourth-order valence-electron chi connectivity index (χ4n) is 2.48. The number of nitrogens with zero attached hydrogens (tertiary/aromatic N) is 3. The molecule has 4 rings (SSSR count). The van der Waals surface area contributed by atoms with Crippen LogP contribution in [0.2, 0.25) is 5.02 Å². The van der Waals surface area contributed by atoms with Crippen molar-refractivity contribution in [1.29, 1.82) is 0 Å². The van der Waals surface area contributed by atoms with Crippen LogP contribution in [0.4, 0.5) is 0 Å². The zero-order valence-corrected chi connectivity index (χ0v) is 13.5. The molecule has 1 fully saturated rings. The topological polar surface area (TPSA) is 59.2 Å². The Kier molecular flexibility index (Phi) is 3.63. The van der Waals surface area contributed by atoms with Crippen molar-refractivity contribution in [2.45, 2.75) is 5.92 Å². The summed E-state index contributed by atoms with van der Waals surface area (Å²) in [5.41, 5.74) is 0.637. The third kappa shape index (κ3) is 2.75. The van der Waals surface area contributed by atoms with Gasteiger partial charge in [-0.3, -0.25) is 4.79 Å². The predicted molar refractivity (Wildman–Crippen MR) is 87.7 cm³/mol. The van der Waals surface area contributed by atoms with Crippen LogP contribution in [0.15, 0.2) is 46.3 Å². The van der Waals surface area contributed by atoms with Crippen molar-refractivity contribution in [3.8, 4) is 10.7 Å². The lowest BCUT2D eigenvalue weighted by Gasteiger charge is -2.37. The van der Waals surface area contributed by atoms with Crippen LogP contribution in [0, 0.1) is 0 Å². The van der Waals surface area contributed by atoms with Gasteiger partial charge < -0.3 is 9.42 Å². The maximum Gasteiger partial charge on any atom is 0.253 e. The molecule has 1 aromatic carbocycles. The van der Waals surface area contributed by atoms with Gasteiger partial charge in [-0.05, 0) is 35.7 Å². The summed E-state index contributed by atoms with van der Waals surface area (Å²) in [5, 5.41) is 6.60. The summed E-state index contributed by atoms with van der Waals surface area (Å²) >= 11 is 7.41. The monoisotopic (exact) mass is 345 g/mol. The smallest absolute Gasteiger partial charge is 0.253 e. The molecule has 1 aliphatic heterocycles. The van der Waals surface area contributed by atoms with Crippen molar-refractivity contribution in [2.75, 3.05) is 13.1 Å². The van der Waals surface area contributed by atoms with Gasteiger partial charge in [0.2, 0.25) is 11.7 Å². The van der Waals surface area contributed by atoms with Crippen LogP contribution < -0.4 is 0 Å². The van der Waals surface area contributed by atoms with Gasteiger partial charge in [-0.2, -0.15) is 4.98 Å². The van der Waals surface area contributed by atoms with E-state index in [0.717, 1.165) is 4.88 Å². The fourth-order valence-corrected chi connectivity index (χ4v) is 3.26. The SMILES string of the molecule is O=C(c1ccc(Cl)cc1)N1CC(c2nc(-c3cccs3)no2)C1. The van der Waals surface area contributed by atoms with Gasteiger partial charge in [-0.25, -0.2) is 0 Å². The Balaban J connectivity index is 1.41. The maximum atomic E-state index is 12.3. The van der Waals surface area contributed by atoms with Crippen molar-refractivity contribution >= 4 is 28.8 Å². The van der Waals surface area contributed by atoms with E-state index in [0.29, 0.717) is 35.4 Å². The van der Waals surface area contributed by atoms with Gasteiger partial charge in [0.15, 0.2) is 0 Å². The van der Waals surface area contributed by atoms with Crippen LogP contribution >= 0.6 is 22.9 Å². The predicted octanol–water partition coefficient (Wildman–Crippen LogP) is 3.69. The number of benzene rings is 1. The van der Waals surface area contributed by atoms with E-state index in [4.69, 9.17) is 16.1 Å². The van der Waals surface area contributed by atoms with Crippen molar-refractivity contribution < 1.29 is 9.32 Å². The van der Waals surface area contributed by atoms with Crippen molar-refractivity contribution in [3.63, 3.8) is 0 Å². The summed E-state index contributed by atoms with van der Waals surface area (Å²) in [4.78, 5) is 19.5. The van der Waals surface area contributed by atoms with Gasteiger partial charge in [0.25, 0.3) is 5.91 Å². The number of carbonyl (C=O) groups excluding carboxylic acids is 1. The number of hydrogen-bond donors (Lipinski definition) is 0. The highest BCUT2D eigenvalue weighted by Crippen LogP contribution is 2.30. The van der Waals surface area contributed by atoms with Gasteiger partial charge in [-0.15, -0.1) is 11.3 Å². The molecular weight excluding hydrogens is 334 g/mol. The van der Waals surface area contributed by atoms with Crippen LogP contribution in [-0.4, -0.2) is 34.0 Å². The Bertz CT molecular complexity index is 823. The lowest BCUT2D eigenvalue weighted by molar-refractivity contribution is 0.0569. The average molecular weight is 346 g/mol. The molecule has 0 atom stereocenters.